The van der Waals surface area contributed by atoms with E-state index in [2.05, 4.69) is 33.1 Å². The van der Waals surface area contributed by atoms with E-state index >= 15 is 0 Å². The summed E-state index contributed by atoms with van der Waals surface area (Å²) in [4.78, 5) is 22.2. The maximum atomic E-state index is 12.6. The lowest BCUT2D eigenvalue weighted by molar-refractivity contribution is -0.122. The fourth-order valence-corrected chi connectivity index (χ4v) is 4.68. The smallest absolute Gasteiger partial charge is 0.243 e. The van der Waals surface area contributed by atoms with Gasteiger partial charge in [-0.2, -0.15) is 5.10 Å². The highest BCUT2D eigenvalue weighted by molar-refractivity contribution is 8.15. The van der Waals surface area contributed by atoms with Gasteiger partial charge >= 0.3 is 0 Å². The van der Waals surface area contributed by atoms with Crippen molar-refractivity contribution in [2.75, 3.05) is 5.75 Å². The minimum atomic E-state index is 0. The number of nitrogens with zero attached hydrogens (tertiary/aromatic N) is 4. The first-order chi connectivity index (χ1) is 17.5. The Balaban J connectivity index is 0.00000253. The van der Waals surface area contributed by atoms with Crippen LogP contribution in [0, 0.1) is 0 Å². The molecule has 2 N–H and O–H groups in total. The predicted octanol–water partition coefficient (Wildman–Crippen LogP) is 6.24. The molecule has 2 aromatic rings. The number of halogens is 3. The summed E-state index contributed by atoms with van der Waals surface area (Å²) >= 11 is 1.40. The van der Waals surface area contributed by atoms with Gasteiger partial charge in [0.1, 0.15) is 0 Å². The Hall–Kier alpha value is -4.12. The predicted molar refractivity (Wildman–Crippen MR) is 150 cm³/mol. The van der Waals surface area contributed by atoms with E-state index in [1.54, 1.807) is 35.5 Å². The molecule has 7 nitrogen and oxygen atoms in total. The van der Waals surface area contributed by atoms with E-state index in [4.69, 9.17) is 5.73 Å². The molecule has 0 unspecified atom stereocenters. The first kappa shape index (κ1) is 30.1. The molecule has 0 radical (unpaired) electrons. The first-order valence-corrected chi connectivity index (χ1v) is 12.4. The fourth-order valence-electron chi connectivity index (χ4n) is 3.87. The third kappa shape index (κ3) is 7.22. The molecule has 0 saturated carbocycles. The van der Waals surface area contributed by atoms with Crippen molar-refractivity contribution < 1.29 is 23.7 Å². The Morgan fingerprint density at radius 3 is 2.47 bits per heavy atom. The Bertz CT molecular complexity index is 1320. The van der Waals surface area contributed by atoms with Gasteiger partial charge in [-0.1, -0.05) is 42.1 Å². The Kier molecular flexibility index (Phi) is 11.1. The van der Waals surface area contributed by atoms with Crippen molar-refractivity contribution in [3.63, 3.8) is 0 Å². The van der Waals surface area contributed by atoms with Crippen molar-refractivity contribution in [3.05, 3.63) is 88.7 Å². The SMILES string of the molecule is CC1=CCCC(C)=C1N1C(=O)CS/C1=N\N=C\c1ccc(/C(N)=C/C=Nc2ccc(OF)cc2)cc1.F.F. The van der Waals surface area contributed by atoms with Crippen molar-refractivity contribution in [2.24, 2.45) is 20.9 Å². The molecule has 0 aromatic heterocycles. The summed E-state index contributed by atoms with van der Waals surface area (Å²) in [5.74, 6) is 0.508. The molecule has 2 aromatic carbocycles. The molecule has 0 atom stereocenters. The van der Waals surface area contributed by atoms with Crippen molar-refractivity contribution in [1.82, 2.24) is 4.90 Å². The average Bonchev–Trinajstić information content (AvgIpc) is 3.24. The van der Waals surface area contributed by atoms with Gasteiger partial charge in [0.25, 0.3) is 0 Å². The molecular formula is C27H28F3N5O2S. The van der Waals surface area contributed by atoms with Gasteiger partial charge in [-0.15, -0.1) is 5.10 Å². The summed E-state index contributed by atoms with van der Waals surface area (Å²) in [6.45, 7) is 4.10. The van der Waals surface area contributed by atoms with Crippen LogP contribution in [0.3, 0.4) is 0 Å². The van der Waals surface area contributed by atoms with Gasteiger partial charge in [0, 0.05) is 16.4 Å². The number of hydrogen-bond donors (Lipinski definition) is 1. The molecule has 11 heteroatoms. The quantitative estimate of drug-likeness (QED) is 0.331. The Morgan fingerprint density at radius 1 is 1.11 bits per heavy atom. The Labute approximate surface area is 223 Å². The van der Waals surface area contributed by atoms with E-state index in [-0.39, 0.29) is 21.1 Å². The number of amides is 1. The van der Waals surface area contributed by atoms with E-state index in [1.807, 2.05) is 31.2 Å². The number of rotatable bonds is 7. The van der Waals surface area contributed by atoms with Crippen molar-refractivity contribution in [3.8, 4) is 5.75 Å². The maximum absolute atomic E-state index is 12.6. The second-order valence-electron chi connectivity index (χ2n) is 8.29. The number of benzene rings is 2. The largest absolute Gasteiger partial charge is 0.398 e. The first-order valence-electron chi connectivity index (χ1n) is 11.4. The monoisotopic (exact) mass is 543 g/mol. The van der Waals surface area contributed by atoms with Gasteiger partial charge in [0.2, 0.25) is 5.91 Å². The number of hydrogen-bond acceptors (Lipinski definition) is 7. The van der Waals surface area contributed by atoms with Crippen LogP contribution >= 0.6 is 11.8 Å². The van der Waals surface area contributed by atoms with Gasteiger partial charge in [0.05, 0.1) is 23.4 Å². The zero-order valence-electron chi connectivity index (χ0n) is 20.8. The number of allylic oxidation sites excluding steroid dienone is 4. The minimum absolute atomic E-state index is 0. The van der Waals surface area contributed by atoms with Crippen molar-refractivity contribution in [1.29, 1.82) is 0 Å². The molecule has 2 aliphatic rings. The third-order valence-corrected chi connectivity index (χ3v) is 6.65. The second kappa shape index (κ2) is 14.0. The van der Waals surface area contributed by atoms with Crippen LogP contribution in [-0.2, 0) is 4.79 Å². The van der Waals surface area contributed by atoms with Crippen molar-refractivity contribution >= 4 is 46.7 Å². The molecule has 1 aliphatic carbocycles. The second-order valence-corrected chi connectivity index (χ2v) is 9.24. The van der Waals surface area contributed by atoms with Gasteiger partial charge in [-0.05, 0) is 79.3 Å². The highest BCUT2D eigenvalue weighted by Gasteiger charge is 2.33. The van der Waals surface area contributed by atoms with Crippen LogP contribution in [-0.4, -0.2) is 34.2 Å². The van der Waals surface area contributed by atoms with Gasteiger partial charge in [-0.3, -0.25) is 29.0 Å². The van der Waals surface area contributed by atoms with E-state index in [0.717, 1.165) is 35.2 Å². The summed E-state index contributed by atoms with van der Waals surface area (Å²) in [5.41, 5.74) is 12.3. The summed E-state index contributed by atoms with van der Waals surface area (Å²) in [6.07, 6.45) is 9.02. The highest BCUT2D eigenvalue weighted by atomic mass is 32.2. The summed E-state index contributed by atoms with van der Waals surface area (Å²) in [5, 5.41) is 9.17. The normalized spacial score (nSPS) is 17.2. The van der Waals surface area contributed by atoms with Gasteiger partial charge in [-0.25, -0.2) is 0 Å². The summed E-state index contributed by atoms with van der Waals surface area (Å²) in [7, 11) is 0. The van der Waals surface area contributed by atoms with E-state index in [9.17, 15) is 9.32 Å². The van der Waals surface area contributed by atoms with Crippen LogP contribution in [0.1, 0.15) is 37.8 Å². The lowest BCUT2D eigenvalue weighted by atomic mass is 9.97. The lowest BCUT2D eigenvalue weighted by Gasteiger charge is -2.25. The van der Waals surface area contributed by atoms with Gasteiger partial charge < -0.3 is 5.73 Å². The molecule has 1 aliphatic heterocycles. The standard InChI is InChI=1S/C27H26FN5O2S.2FH/c1-18-4-3-5-19(2)26(18)33-25(34)17-36-27(33)32-31-16-20-6-8-21(9-7-20)24(29)14-15-30-22-10-12-23(35-28)13-11-22;;/h4,6-16H,3,5,17,29H2,1-2H3;2*1H/b24-14-,30-15?,31-16+,32-27-;;. The number of aliphatic imine (C=N–C) groups is 1. The maximum Gasteiger partial charge on any atom is 0.243 e. The van der Waals surface area contributed by atoms with E-state index < -0.39 is 0 Å². The van der Waals surface area contributed by atoms with Crippen LogP contribution in [0.2, 0.25) is 0 Å². The highest BCUT2D eigenvalue weighted by Crippen LogP contribution is 2.33. The van der Waals surface area contributed by atoms with Crippen LogP contribution in [0.5, 0.6) is 5.75 Å². The molecule has 1 amide bonds. The average molecular weight is 544 g/mol. The van der Waals surface area contributed by atoms with Crippen molar-refractivity contribution in [2.45, 2.75) is 26.7 Å². The Morgan fingerprint density at radius 2 is 1.82 bits per heavy atom. The molecule has 1 saturated heterocycles. The lowest BCUT2D eigenvalue weighted by Crippen LogP contribution is -2.31. The van der Waals surface area contributed by atoms with Crippen LogP contribution in [0.15, 0.2) is 92.7 Å². The zero-order chi connectivity index (χ0) is 25.5. The molecular weight excluding hydrogens is 515 g/mol. The molecule has 0 bridgehead atoms. The third-order valence-electron chi connectivity index (χ3n) is 5.73. The van der Waals surface area contributed by atoms with E-state index in [1.165, 1.54) is 29.5 Å². The topological polar surface area (TPSA) is 92.6 Å². The number of thioether (sulfide) groups is 1. The van der Waals surface area contributed by atoms with E-state index in [0.29, 0.717) is 22.3 Å². The molecule has 1 heterocycles. The number of carbonyl (C=O) groups excluding carboxylic acids is 1. The molecule has 0 spiro atoms. The van der Waals surface area contributed by atoms with Crippen LogP contribution < -0.4 is 10.7 Å². The van der Waals surface area contributed by atoms with Gasteiger partial charge in [0.15, 0.2) is 10.9 Å². The zero-order valence-corrected chi connectivity index (χ0v) is 21.7. The molecule has 4 rings (SSSR count). The molecule has 200 valence electrons. The summed E-state index contributed by atoms with van der Waals surface area (Å²) in [6, 6.07) is 13.8. The summed E-state index contributed by atoms with van der Waals surface area (Å²) < 4.78 is 12.1. The van der Waals surface area contributed by atoms with Crippen LogP contribution in [0.25, 0.3) is 5.70 Å². The number of amidine groups is 1. The number of carbonyl (C=O) groups is 1. The minimum Gasteiger partial charge on any atom is -0.398 e. The number of nitrogens with two attached hydrogens (primary N) is 1. The van der Waals surface area contributed by atoms with Crippen LogP contribution in [0.4, 0.5) is 19.6 Å². The molecule has 1 fully saturated rings. The molecule has 38 heavy (non-hydrogen) atoms. The fraction of sp³-hybridized carbons (Fsp3) is 0.185.